The van der Waals surface area contributed by atoms with Crippen LogP contribution >= 0.6 is 23.2 Å². The van der Waals surface area contributed by atoms with Crippen molar-refractivity contribution < 1.29 is 8.42 Å². The van der Waals surface area contributed by atoms with E-state index >= 15 is 0 Å². The van der Waals surface area contributed by atoms with Crippen molar-refractivity contribution in [2.24, 2.45) is 0 Å². The lowest BCUT2D eigenvalue weighted by Gasteiger charge is -2.34. The highest BCUT2D eigenvalue weighted by molar-refractivity contribution is 7.89. The van der Waals surface area contributed by atoms with Crippen LogP contribution in [0.5, 0.6) is 0 Å². The molecule has 0 unspecified atom stereocenters. The van der Waals surface area contributed by atoms with E-state index in [1.54, 1.807) is 13.0 Å². The number of aryl methyl sites for hydroxylation is 1. The summed E-state index contributed by atoms with van der Waals surface area (Å²) in [6.07, 6.45) is 0. The summed E-state index contributed by atoms with van der Waals surface area (Å²) in [5.41, 5.74) is 1.93. The van der Waals surface area contributed by atoms with Gasteiger partial charge in [0, 0.05) is 37.7 Å². The molecular formula is C18H20Cl2N2O2S. The van der Waals surface area contributed by atoms with Gasteiger partial charge in [-0.2, -0.15) is 4.31 Å². The minimum Gasteiger partial charge on any atom is -0.296 e. The third-order valence-corrected chi connectivity index (χ3v) is 7.18. The molecule has 1 aliphatic heterocycles. The number of piperazine rings is 1. The lowest BCUT2D eigenvalue weighted by Crippen LogP contribution is -2.48. The first kappa shape index (κ1) is 18.7. The van der Waals surface area contributed by atoms with E-state index in [1.165, 1.54) is 15.9 Å². The van der Waals surface area contributed by atoms with Gasteiger partial charge in [-0.05, 0) is 30.2 Å². The Morgan fingerprint density at radius 1 is 0.960 bits per heavy atom. The lowest BCUT2D eigenvalue weighted by atomic mass is 10.2. The Balaban J connectivity index is 1.71. The highest BCUT2D eigenvalue weighted by atomic mass is 35.5. The molecule has 25 heavy (non-hydrogen) atoms. The molecule has 1 aliphatic rings. The van der Waals surface area contributed by atoms with Crippen molar-refractivity contribution in [3.05, 3.63) is 63.6 Å². The molecule has 7 heteroatoms. The second kappa shape index (κ2) is 7.64. The molecule has 0 bridgehead atoms. The van der Waals surface area contributed by atoms with Gasteiger partial charge in [0.25, 0.3) is 0 Å². The van der Waals surface area contributed by atoms with Crippen molar-refractivity contribution >= 4 is 33.2 Å². The Morgan fingerprint density at radius 3 is 2.24 bits per heavy atom. The molecule has 0 radical (unpaired) electrons. The lowest BCUT2D eigenvalue weighted by molar-refractivity contribution is 0.181. The SMILES string of the molecule is Cc1cc(S(=O)(=O)N2CCN(Cc3ccccc3)CC2)c(Cl)cc1Cl. The standard InChI is InChI=1S/C18H20Cl2N2O2S/c1-14-11-18(17(20)12-16(14)19)25(23,24)22-9-7-21(8-10-22)13-15-5-3-2-4-6-15/h2-6,11-12H,7-10,13H2,1H3. The van der Waals surface area contributed by atoms with E-state index in [4.69, 9.17) is 23.2 Å². The van der Waals surface area contributed by atoms with Gasteiger partial charge in [-0.3, -0.25) is 4.90 Å². The van der Waals surface area contributed by atoms with Gasteiger partial charge >= 0.3 is 0 Å². The number of hydrogen-bond acceptors (Lipinski definition) is 3. The number of hydrogen-bond donors (Lipinski definition) is 0. The molecule has 0 amide bonds. The van der Waals surface area contributed by atoms with Gasteiger partial charge in [-0.25, -0.2) is 8.42 Å². The zero-order valence-corrected chi connectivity index (χ0v) is 16.3. The van der Waals surface area contributed by atoms with Gasteiger partial charge in [0.15, 0.2) is 0 Å². The maximum atomic E-state index is 12.9. The van der Waals surface area contributed by atoms with E-state index in [0.717, 1.165) is 6.54 Å². The van der Waals surface area contributed by atoms with E-state index in [-0.39, 0.29) is 9.92 Å². The van der Waals surface area contributed by atoms with Crippen molar-refractivity contribution in [3.8, 4) is 0 Å². The third kappa shape index (κ3) is 4.18. The fraction of sp³-hybridized carbons (Fsp3) is 0.333. The molecular weight excluding hydrogens is 379 g/mol. The van der Waals surface area contributed by atoms with Crippen molar-refractivity contribution in [1.82, 2.24) is 9.21 Å². The molecule has 4 nitrogen and oxygen atoms in total. The van der Waals surface area contributed by atoms with Gasteiger partial charge in [0.05, 0.1) is 5.02 Å². The van der Waals surface area contributed by atoms with Crippen LogP contribution in [-0.2, 0) is 16.6 Å². The summed E-state index contributed by atoms with van der Waals surface area (Å²) < 4.78 is 27.3. The predicted molar refractivity (Wildman–Crippen MR) is 102 cm³/mol. The van der Waals surface area contributed by atoms with Crippen LogP contribution in [0.25, 0.3) is 0 Å². The first-order valence-electron chi connectivity index (χ1n) is 8.10. The largest absolute Gasteiger partial charge is 0.296 e. The van der Waals surface area contributed by atoms with Crippen molar-refractivity contribution in [2.75, 3.05) is 26.2 Å². The fourth-order valence-corrected chi connectivity index (χ4v) is 5.17. The molecule has 0 N–H and O–H groups in total. The molecule has 0 atom stereocenters. The van der Waals surface area contributed by atoms with Crippen LogP contribution in [0.3, 0.4) is 0 Å². The maximum absolute atomic E-state index is 12.9. The van der Waals surface area contributed by atoms with Crippen LogP contribution in [0.1, 0.15) is 11.1 Å². The Labute approximate surface area is 159 Å². The van der Waals surface area contributed by atoms with Crippen molar-refractivity contribution in [1.29, 1.82) is 0 Å². The van der Waals surface area contributed by atoms with Crippen LogP contribution in [0.2, 0.25) is 10.0 Å². The summed E-state index contributed by atoms with van der Waals surface area (Å²) in [6, 6.07) is 13.2. The molecule has 3 rings (SSSR count). The predicted octanol–water partition coefficient (Wildman–Crippen LogP) is 3.81. The van der Waals surface area contributed by atoms with Gasteiger partial charge < -0.3 is 0 Å². The highest BCUT2D eigenvalue weighted by Crippen LogP contribution is 2.30. The first-order valence-corrected chi connectivity index (χ1v) is 10.3. The summed E-state index contributed by atoms with van der Waals surface area (Å²) in [5.74, 6) is 0. The van der Waals surface area contributed by atoms with Gasteiger partial charge in [0.2, 0.25) is 10.0 Å². The van der Waals surface area contributed by atoms with Crippen LogP contribution in [0, 0.1) is 6.92 Å². The van der Waals surface area contributed by atoms with Crippen LogP contribution in [0.4, 0.5) is 0 Å². The monoisotopic (exact) mass is 398 g/mol. The summed E-state index contributed by atoms with van der Waals surface area (Å²) in [6.45, 7) is 4.89. The normalized spacial score (nSPS) is 16.9. The number of halogens is 2. The minimum absolute atomic E-state index is 0.132. The Bertz CT molecular complexity index is 849. The highest BCUT2D eigenvalue weighted by Gasteiger charge is 2.30. The maximum Gasteiger partial charge on any atom is 0.244 e. The number of nitrogens with zero attached hydrogens (tertiary/aromatic N) is 2. The van der Waals surface area contributed by atoms with Crippen LogP contribution in [-0.4, -0.2) is 43.8 Å². The summed E-state index contributed by atoms with van der Waals surface area (Å²) in [5, 5.41) is 0.638. The van der Waals surface area contributed by atoms with E-state index in [2.05, 4.69) is 17.0 Å². The molecule has 0 spiro atoms. The van der Waals surface area contributed by atoms with Crippen molar-refractivity contribution in [3.63, 3.8) is 0 Å². The Hall–Kier alpha value is -1.11. The number of rotatable bonds is 4. The second-order valence-electron chi connectivity index (χ2n) is 6.20. The van der Waals surface area contributed by atoms with Crippen LogP contribution in [0.15, 0.2) is 47.4 Å². The third-order valence-electron chi connectivity index (χ3n) is 4.41. The second-order valence-corrected chi connectivity index (χ2v) is 8.92. The van der Waals surface area contributed by atoms with Gasteiger partial charge in [-0.15, -0.1) is 0 Å². The number of benzene rings is 2. The molecule has 2 aromatic rings. The van der Waals surface area contributed by atoms with Crippen molar-refractivity contribution in [2.45, 2.75) is 18.4 Å². The summed E-state index contributed by atoms with van der Waals surface area (Å²) in [4.78, 5) is 2.39. The zero-order chi connectivity index (χ0) is 18.0. The summed E-state index contributed by atoms with van der Waals surface area (Å²) >= 11 is 12.2. The topological polar surface area (TPSA) is 40.6 Å². The average Bonchev–Trinajstić information content (AvgIpc) is 2.59. The molecule has 0 aromatic heterocycles. The molecule has 1 fully saturated rings. The Morgan fingerprint density at radius 2 is 1.60 bits per heavy atom. The zero-order valence-electron chi connectivity index (χ0n) is 14.0. The molecule has 1 heterocycles. The van der Waals surface area contributed by atoms with Gasteiger partial charge in [0.1, 0.15) is 4.90 Å². The molecule has 0 aliphatic carbocycles. The summed E-state index contributed by atoms with van der Waals surface area (Å²) in [7, 11) is -3.61. The van der Waals surface area contributed by atoms with E-state index < -0.39 is 10.0 Å². The molecule has 1 saturated heterocycles. The smallest absolute Gasteiger partial charge is 0.244 e. The quantitative estimate of drug-likeness (QED) is 0.785. The van der Waals surface area contributed by atoms with E-state index in [9.17, 15) is 8.42 Å². The molecule has 2 aromatic carbocycles. The number of sulfonamides is 1. The van der Waals surface area contributed by atoms with Gasteiger partial charge in [-0.1, -0.05) is 53.5 Å². The average molecular weight is 399 g/mol. The molecule has 0 saturated carbocycles. The first-order chi connectivity index (χ1) is 11.9. The van der Waals surface area contributed by atoms with E-state index in [1.807, 2.05) is 18.2 Å². The Kier molecular flexibility index (Phi) is 5.71. The fourth-order valence-electron chi connectivity index (χ4n) is 2.94. The minimum atomic E-state index is -3.61. The van der Waals surface area contributed by atoms with E-state index in [0.29, 0.717) is 36.8 Å². The molecule has 134 valence electrons. The van der Waals surface area contributed by atoms with Crippen LogP contribution < -0.4 is 0 Å².